The van der Waals surface area contributed by atoms with E-state index in [9.17, 15) is 13.2 Å². The smallest absolute Gasteiger partial charge is 0.337 e. The van der Waals surface area contributed by atoms with Gasteiger partial charge in [-0.25, -0.2) is 4.79 Å². The first-order chi connectivity index (χ1) is 8.90. The van der Waals surface area contributed by atoms with Gasteiger partial charge in [-0.3, -0.25) is 4.72 Å². The number of benzene rings is 1. The molecule has 0 amide bonds. The average molecular weight is 284 g/mol. The third kappa shape index (κ3) is 3.05. The van der Waals surface area contributed by atoms with Crippen molar-refractivity contribution in [2.45, 2.75) is 19.8 Å². The Labute approximate surface area is 112 Å². The Hall–Kier alpha value is -1.60. The van der Waals surface area contributed by atoms with Crippen LogP contribution in [0.15, 0.2) is 18.2 Å². The van der Waals surface area contributed by atoms with Crippen LogP contribution in [0, 0.1) is 6.92 Å². The summed E-state index contributed by atoms with van der Waals surface area (Å²) in [5.74, 6) is -1.15. The van der Waals surface area contributed by atoms with Crippen LogP contribution in [0.1, 0.15) is 28.8 Å². The van der Waals surface area contributed by atoms with Crippen LogP contribution in [0.25, 0.3) is 0 Å². The molecule has 1 saturated heterocycles. The first kappa shape index (κ1) is 13.8. The second-order valence-corrected chi connectivity index (χ2v) is 6.24. The third-order valence-electron chi connectivity index (χ3n) is 3.05. The highest BCUT2D eigenvalue weighted by Crippen LogP contribution is 2.21. The van der Waals surface area contributed by atoms with Crippen molar-refractivity contribution >= 4 is 21.9 Å². The van der Waals surface area contributed by atoms with Crippen molar-refractivity contribution < 1.29 is 18.3 Å². The Balaban J connectivity index is 2.30. The minimum absolute atomic E-state index is 0.0391. The standard InChI is InChI=1S/C12H16N2O4S/c1-9-4-5-11(10(8-9)12(15)16)13-19(17,18)14-6-2-3-7-14/h4-5,8,13H,2-3,6-7H2,1H3,(H,15,16). The maximum atomic E-state index is 12.1. The molecule has 0 bridgehead atoms. The highest BCUT2D eigenvalue weighted by atomic mass is 32.2. The van der Waals surface area contributed by atoms with Crippen LogP contribution in [0.2, 0.25) is 0 Å². The van der Waals surface area contributed by atoms with Crippen LogP contribution in [0.4, 0.5) is 5.69 Å². The molecule has 6 nitrogen and oxygen atoms in total. The highest BCUT2D eigenvalue weighted by Gasteiger charge is 2.26. The first-order valence-corrected chi connectivity index (χ1v) is 7.46. The molecule has 1 aromatic carbocycles. The minimum atomic E-state index is -3.66. The molecule has 0 radical (unpaired) electrons. The monoisotopic (exact) mass is 284 g/mol. The summed E-state index contributed by atoms with van der Waals surface area (Å²) in [5.41, 5.74) is 0.828. The summed E-state index contributed by atoms with van der Waals surface area (Å²) in [6.07, 6.45) is 1.67. The van der Waals surface area contributed by atoms with Gasteiger partial charge in [0.25, 0.3) is 0 Å². The number of nitrogens with one attached hydrogen (secondary N) is 1. The number of rotatable bonds is 4. The zero-order valence-corrected chi connectivity index (χ0v) is 11.4. The van der Waals surface area contributed by atoms with Crippen LogP contribution in [-0.4, -0.2) is 36.9 Å². The van der Waals surface area contributed by atoms with E-state index >= 15 is 0 Å². The van der Waals surface area contributed by atoms with Crippen LogP contribution < -0.4 is 4.72 Å². The van der Waals surface area contributed by atoms with Crippen LogP contribution >= 0.6 is 0 Å². The Morgan fingerprint density at radius 2 is 1.95 bits per heavy atom. The fraction of sp³-hybridized carbons (Fsp3) is 0.417. The maximum Gasteiger partial charge on any atom is 0.337 e. The van der Waals surface area contributed by atoms with Crippen molar-refractivity contribution in [3.8, 4) is 0 Å². The molecular formula is C12H16N2O4S. The zero-order valence-electron chi connectivity index (χ0n) is 10.6. The zero-order chi connectivity index (χ0) is 14.0. The minimum Gasteiger partial charge on any atom is -0.478 e. The second-order valence-electron chi connectivity index (χ2n) is 4.57. The third-order valence-corrected chi connectivity index (χ3v) is 4.57. The van der Waals surface area contributed by atoms with E-state index in [0.717, 1.165) is 18.4 Å². The molecule has 2 rings (SSSR count). The van der Waals surface area contributed by atoms with Crippen LogP contribution in [0.5, 0.6) is 0 Å². The number of aryl methyl sites for hydroxylation is 1. The van der Waals surface area contributed by atoms with Crippen LogP contribution in [0.3, 0.4) is 0 Å². The number of aromatic carboxylic acids is 1. The molecule has 1 aliphatic heterocycles. The molecule has 1 aromatic rings. The summed E-state index contributed by atoms with van der Waals surface area (Å²) in [4.78, 5) is 11.1. The molecular weight excluding hydrogens is 268 g/mol. The number of hydrogen-bond acceptors (Lipinski definition) is 3. The molecule has 1 heterocycles. The molecule has 19 heavy (non-hydrogen) atoms. The van der Waals surface area contributed by atoms with Gasteiger partial charge < -0.3 is 5.11 Å². The highest BCUT2D eigenvalue weighted by molar-refractivity contribution is 7.90. The summed E-state index contributed by atoms with van der Waals surface area (Å²) in [5, 5.41) is 9.10. The van der Waals surface area contributed by atoms with Gasteiger partial charge in [0.15, 0.2) is 0 Å². The van der Waals surface area contributed by atoms with E-state index in [1.54, 1.807) is 13.0 Å². The lowest BCUT2D eigenvalue weighted by Crippen LogP contribution is -2.33. The fourth-order valence-electron chi connectivity index (χ4n) is 2.06. The topological polar surface area (TPSA) is 86.7 Å². The summed E-state index contributed by atoms with van der Waals surface area (Å²) in [6.45, 7) is 2.71. The van der Waals surface area contributed by atoms with Crippen molar-refractivity contribution in [1.82, 2.24) is 4.31 Å². The van der Waals surface area contributed by atoms with Gasteiger partial charge in [0, 0.05) is 13.1 Å². The van der Waals surface area contributed by atoms with Gasteiger partial charge in [-0.05, 0) is 31.9 Å². The van der Waals surface area contributed by atoms with Crippen molar-refractivity contribution in [1.29, 1.82) is 0 Å². The van der Waals surface area contributed by atoms with Gasteiger partial charge in [0.05, 0.1) is 11.3 Å². The van der Waals surface area contributed by atoms with Gasteiger partial charge in [0.1, 0.15) is 0 Å². The lowest BCUT2D eigenvalue weighted by atomic mass is 10.1. The largest absolute Gasteiger partial charge is 0.478 e. The Morgan fingerprint density at radius 1 is 1.32 bits per heavy atom. The first-order valence-electron chi connectivity index (χ1n) is 6.02. The summed E-state index contributed by atoms with van der Waals surface area (Å²) in [6, 6.07) is 4.60. The number of hydrogen-bond donors (Lipinski definition) is 2. The molecule has 0 spiro atoms. The average Bonchev–Trinajstić information content (AvgIpc) is 2.85. The lowest BCUT2D eigenvalue weighted by Gasteiger charge is -2.18. The van der Waals surface area contributed by atoms with E-state index in [1.807, 2.05) is 0 Å². The summed E-state index contributed by atoms with van der Waals surface area (Å²) in [7, 11) is -3.66. The van der Waals surface area contributed by atoms with E-state index in [0.29, 0.717) is 13.1 Å². The molecule has 0 aromatic heterocycles. The van der Waals surface area contributed by atoms with Gasteiger partial charge in [-0.15, -0.1) is 0 Å². The van der Waals surface area contributed by atoms with E-state index in [4.69, 9.17) is 5.11 Å². The Kier molecular flexibility index (Phi) is 3.77. The van der Waals surface area contributed by atoms with Gasteiger partial charge in [-0.1, -0.05) is 11.6 Å². The van der Waals surface area contributed by atoms with Crippen LogP contribution in [-0.2, 0) is 10.2 Å². The number of carboxylic acids is 1. The molecule has 104 valence electrons. The number of anilines is 1. The maximum absolute atomic E-state index is 12.1. The molecule has 1 fully saturated rings. The molecule has 7 heteroatoms. The van der Waals surface area contributed by atoms with Gasteiger partial charge in [-0.2, -0.15) is 12.7 Å². The molecule has 0 atom stereocenters. The van der Waals surface area contributed by atoms with Gasteiger partial charge >= 0.3 is 16.2 Å². The van der Waals surface area contributed by atoms with E-state index in [2.05, 4.69) is 4.72 Å². The van der Waals surface area contributed by atoms with E-state index < -0.39 is 16.2 Å². The normalized spacial score (nSPS) is 16.5. The fourth-order valence-corrected chi connectivity index (χ4v) is 3.38. The SMILES string of the molecule is Cc1ccc(NS(=O)(=O)N2CCCC2)c(C(=O)O)c1. The second kappa shape index (κ2) is 5.18. The predicted molar refractivity (Wildman–Crippen MR) is 71.5 cm³/mol. The molecule has 0 saturated carbocycles. The number of carboxylic acid groups (broad SMARTS) is 1. The number of carbonyl (C=O) groups is 1. The van der Waals surface area contributed by atoms with Crippen molar-refractivity contribution in [3.05, 3.63) is 29.3 Å². The Morgan fingerprint density at radius 3 is 2.53 bits per heavy atom. The predicted octanol–water partition coefficient (Wildman–Crippen LogP) is 1.45. The molecule has 0 aliphatic carbocycles. The molecule has 0 unspecified atom stereocenters. The quantitative estimate of drug-likeness (QED) is 0.876. The van der Waals surface area contributed by atoms with E-state index in [1.165, 1.54) is 16.4 Å². The van der Waals surface area contributed by atoms with Crippen molar-refractivity contribution in [2.24, 2.45) is 0 Å². The summed E-state index contributed by atoms with van der Waals surface area (Å²) < 4.78 is 27.9. The lowest BCUT2D eigenvalue weighted by molar-refractivity contribution is 0.0698. The van der Waals surface area contributed by atoms with Gasteiger partial charge in [0.2, 0.25) is 0 Å². The summed E-state index contributed by atoms with van der Waals surface area (Å²) >= 11 is 0. The molecule has 2 N–H and O–H groups in total. The van der Waals surface area contributed by atoms with E-state index in [-0.39, 0.29) is 11.3 Å². The Bertz CT molecular complexity index is 592. The van der Waals surface area contributed by atoms with Crippen molar-refractivity contribution in [3.63, 3.8) is 0 Å². The number of nitrogens with zero attached hydrogens (tertiary/aromatic N) is 1. The molecule has 1 aliphatic rings. The van der Waals surface area contributed by atoms with Crippen molar-refractivity contribution in [2.75, 3.05) is 17.8 Å².